The molecule has 0 fully saturated rings. The maximum Gasteiger partial charge on any atom is 0.239 e. The highest BCUT2D eigenvalue weighted by Gasteiger charge is 2.09. The normalized spacial score (nSPS) is 11.1. The second-order valence-corrected chi connectivity index (χ2v) is 4.64. The largest absolute Gasteiger partial charge is 0.366 e. The van der Waals surface area contributed by atoms with Gasteiger partial charge in [-0.15, -0.1) is 16.4 Å². The number of nitrogens with one attached hydrogen (secondary N) is 1. The predicted octanol–water partition coefficient (Wildman–Crippen LogP) is 2.32. The van der Waals surface area contributed by atoms with Gasteiger partial charge in [-0.2, -0.15) is 4.98 Å². The summed E-state index contributed by atoms with van der Waals surface area (Å²) in [6.07, 6.45) is 0. The molecule has 5 nitrogen and oxygen atoms in total. The van der Waals surface area contributed by atoms with E-state index in [-0.39, 0.29) is 5.95 Å². The van der Waals surface area contributed by atoms with Gasteiger partial charge >= 0.3 is 0 Å². The number of halogens is 1. The van der Waals surface area contributed by atoms with E-state index in [1.165, 1.54) is 11.3 Å². The number of anilines is 1. The smallest absolute Gasteiger partial charge is 0.239 e. The van der Waals surface area contributed by atoms with Crippen LogP contribution in [0.3, 0.4) is 0 Å². The number of hydrogen-bond donors (Lipinski definition) is 2. The molecule has 80 valence electrons. The van der Waals surface area contributed by atoms with Crippen molar-refractivity contribution < 1.29 is 0 Å². The maximum absolute atomic E-state index is 5.89. The topological polar surface area (TPSA) is 80.5 Å². The molecule has 0 aliphatic carbocycles. The van der Waals surface area contributed by atoms with Crippen LogP contribution in [0.15, 0.2) is 18.2 Å². The van der Waals surface area contributed by atoms with Crippen LogP contribution in [-0.2, 0) is 0 Å². The van der Waals surface area contributed by atoms with Gasteiger partial charge in [-0.05, 0) is 18.2 Å². The first-order valence-corrected chi connectivity index (χ1v) is 5.66. The number of nitrogens with zero attached hydrogens (tertiary/aromatic N) is 3. The van der Waals surface area contributed by atoms with Gasteiger partial charge in [0.1, 0.15) is 0 Å². The molecule has 0 saturated carbocycles. The molecule has 3 N–H and O–H groups in total. The minimum atomic E-state index is 0.215. The Morgan fingerprint density at radius 3 is 2.94 bits per heavy atom. The lowest BCUT2D eigenvalue weighted by Gasteiger charge is -1.86. The molecule has 2 heterocycles. The molecule has 3 rings (SSSR count). The number of fused-ring (bicyclic) bond motifs is 1. The Morgan fingerprint density at radius 1 is 1.31 bits per heavy atom. The molecule has 0 unspecified atom stereocenters. The molecule has 0 aliphatic heterocycles. The molecule has 7 heteroatoms. The Morgan fingerprint density at radius 2 is 2.19 bits per heavy atom. The van der Waals surface area contributed by atoms with Crippen LogP contribution in [-0.4, -0.2) is 20.2 Å². The quantitative estimate of drug-likeness (QED) is 0.696. The maximum atomic E-state index is 5.89. The third kappa shape index (κ3) is 1.52. The highest BCUT2D eigenvalue weighted by atomic mass is 35.5. The lowest BCUT2D eigenvalue weighted by atomic mass is 10.3. The van der Waals surface area contributed by atoms with Crippen molar-refractivity contribution in [3.05, 3.63) is 23.2 Å². The predicted molar refractivity (Wildman–Crippen MR) is 64.4 cm³/mol. The average Bonchev–Trinajstić information content (AvgIpc) is 2.83. The molecule has 3 aromatic rings. The fourth-order valence-corrected chi connectivity index (χ4v) is 2.42. The molecule has 0 bridgehead atoms. The van der Waals surface area contributed by atoms with Crippen molar-refractivity contribution in [1.82, 2.24) is 20.2 Å². The molecule has 0 amide bonds. The number of aromatic nitrogens is 4. The van der Waals surface area contributed by atoms with Crippen LogP contribution in [0.25, 0.3) is 21.0 Å². The average molecular weight is 252 g/mol. The molecule has 0 radical (unpaired) electrons. The number of benzene rings is 1. The van der Waals surface area contributed by atoms with Gasteiger partial charge in [0.15, 0.2) is 10.8 Å². The summed E-state index contributed by atoms with van der Waals surface area (Å²) in [6.45, 7) is 0. The number of nitrogens with two attached hydrogens (primary N) is 1. The van der Waals surface area contributed by atoms with Crippen molar-refractivity contribution >= 4 is 39.1 Å². The molecule has 0 atom stereocenters. The summed E-state index contributed by atoms with van der Waals surface area (Å²) in [5.74, 6) is 0.794. The summed E-state index contributed by atoms with van der Waals surface area (Å²) in [5, 5.41) is 7.91. The van der Waals surface area contributed by atoms with E-state index in [2.05, 4.69) is 20.2 Å². The summed E-state index contributed by atoms with van der Waals surface area (Å²) in [4.78, 5) is 8.43. The number of thiazole rings is 1. The molecule has 1 aromatic carbocycles. The fraction of sp³-hybridized carbons (Fsp3) is 0. The van der Waals surface area contributed by atoms with Gasteiger partial charge in [0.2, 0.25) is 5.95 Å². The van der Waals surface area contributed by atoms with E-state index >= 15 is 0 Å². The Bertz CT molecular complexity index is 659. The number of nitrogen functional groups attached to an aromatic ring is 1. The minimum Gasteiger partial charge on any atom is -0.366 e. The van der Waals surface area contributed by atoms with Gasteiger partial charge in [0.25, 0.3) is 0 Å². The Kier molecular flexibility index (Phi) is 2.05. The molecule has 0 aliphatic rings. The van der Waals surface area contributed by atoms with Crippen LogP contribution in [0, 0.1) is 0 Å². The van der Waals surface area contributed by atoms with Crippen molar-refractivity contribution in [3.63, 3.8) is 0 Å². The van der Waals surface area contributed by atoms with Crippen molar-refractivity contribution in [1.29, 1.82) is 0 Å². The van der Waals surface area contributed by atoms with E-state index < -0.39 is 0 Å². The summed E-state index contributed by atoms with van der Waals surface area (Å²) in [7, 11) is 0. The zero-order valence-corrected chi connectivity index (χ0v) is 9.51. The minimum absolute atomic E-state index is 0.215. The van der Waals surface area contributed by atoms with Crippen molar-refractivity contribution in [2.75, 3.05) is 5.73 Å². The zero-order valence-electron chi connectivity index (χ0n) is 7.94. The number of H-pyrrole nitrogens is 1. The molecular weight excluding hydrogens is 246 g/mol. The van der Waals surface area contributed by atoms with E-state index in [4.69, 9.17) is 17.3 Å². The SMILES string of the molecule is Nc1n[nH]c(-c2nc3cc(Cl)ccc3s2)n1. The van der Waals surface area contributed by atoms with Crippen LogP contribution in [0.1, 0.15) is 0 Å². The van der Waals surface area contributed by atoms with Crippen molar-refractivity contribution in [3.8, 4) is 10.8 Å². The van der Waals surface area contributed by atoms with E-state index in [0.29, 0.717) is 10.8 Å². The molecule has 16 heavy (non-hydrogen) atoms. The third-order valence-corrected chi connectivity index (χ3v) is 3.33. The molecular formula is C9H6ClN5S. The molecule has 2 aromatic heterocycles. The van der Waals surface area contributed by atoms with Crippen LogP contribution >= 0.6 is 22.9 Å². The Balaban J connectivity index is 2.18. The van der Waals surface area contributed by atoms with Gasteiger partial charge < -0.3 is 5.73 Å². The van der Waals surface area contributed by atoms with E-state index in [0.717, 1.165) is 15.2 Å². The standard InChI is InChI=1S/C9H6ClN5S/c10-4-1-2-6-5(3-4)12-8(16-6)7-13-9(11)15-14-7/h1-3H,(H3,11,13,14,15). The summed E-state index contributed by atoms with van der Waals surface area (Å²) in [5.41, 5.74) is 6.29. The summed E-state index contributed by atoms with van der Waals surface area (Å²) in [6, 6.07) is 5.58. The highest BCUT2D eigenvalue weighted by Crippen LogP contribution is 2.29. The van der Waals surface area contributed by atoms with Crippen LogP contribution in [0.2, 0.25) is 5.02 Å². The highest BCUT2D eigenvalue weighted by molar-refractivity contribution is 7.21. The van der Waals surface area contributed by atoms with Crippen molar-refractivity contribution in [2.45, 2.75) is 0 Å². The Hall–Kier alpha value is -1.66. The van der Waals surface area contributed by atoms with Crippen LogP contribution in [0.5, 0.6) is 0 Å². The fourth-order valence-electron chi connectivity index (χ4n) is 1.37. The summed E-state index contributed by atoms with van der Waals surface area (Å²) < 4.78 is 1.05. The molecule has 0 saturated heterocycles. The van der Waals surface area contributed by atoms with Gasteiger partial charge in [-0.25, -0.2) is 4.98 Å². The van der Waals surface area contributed by atoms with E-state index in [1.54, 1.807) is 0 Å². The monoisotopic (exact) mass is 251 g/mol. The van der Waals surface area contributed by atoms with Gasteiger partial charge in [0, 0.05) is 5.02 Å². The summed E-state index contributed by atoms with van der Waals surface area (Å²) >= 11 is 7.40. The van der Waals surface area contributed by atoms with Crippen LogP contribution in [0.4, 0.5) is 5.95 Å². The van der Waals surface area contributed by atoms with E-state index in [1.807, 2.05) is 18.2 Å². The molecule has 0 spiro atoms. The second kappa shape index (κ2) is 3.43. The van der Waals surface area contributed by atoms with E-state index in [9.17, 15) is 0 Å². The lowest BCUT2D eigenvalue weighted by molar-refractivity contribution is 1.10. The first-order valence-electron chi connectivity index (χ1n) is 4.47. The number of aromatic amines is 1. The van der Waals surface area contributed by atoms with Crippen LogP contribution < -0.4 is 5.73 Å². The Labute approximate surface area is 99.3 Å². The zero-order chi connectivity index (χ0) is 11.1. The first-order chi connectivity index (χ1) is 7.72. The van der Waals surface area contributed by atoms with Gasteiger partial charge in [-0.1, -0.05) is 11.6 Å². The second-order valence-electron chi connectivity index (χ2n) is 3.17. The lowest BCUT2D eigenvalue weighted by Crippen LogP contribution is -1.85. The number of hydrogen-bond acceptors (Lipinski definition) is 5. The third-order valence-electron chi connectivity index (χ3n) is 2.05. The first kappa shape index (κ1) is 9.56. The van der Waals surface area contributed by atoms with Crippen molar-refractivity contribution in [2.24, 2.45) is 0 Å². The number of rotatable bonds is 1. The van der Waals surface area contributed by atoms with Gasteiger partial charge in [0.05, 0.1) is 10.2 Å². The van der Waals surface area contributed by atoms with Gasteiger partial charge in [-0.3, -0.25) is 5.10 Å².